The maximum absolute atomic E-state index is 12.9. The van der Waals surface area contributed by atoms with Gasteiger partial charge in [0.25, 0.3) is 5.91 Å². The molecule has 0 radical (unpaired) electrons. The van der Waals surface area contributed by atoms with Crippen molar-refractivity contribution in [2.45, 2.75) is 32.1 Å². The number of hydrogen-bond acceptors (Lipinski definition) is 5. The van der Waals surface area contributed by atoms with Gasteiger partial charge in [-0.15, -0.1) is 0 Å². The normalized spacial score (nSPS) is 20.1. The Kier molecular flexibility index (Phi) is 6.53. The molecule has 2 aliphatic rings. The first-order valence-electron chi connectivity index (χ1n) is 10.8. The Morgan fingerprint density at radius 2 is 1.81 bits per heavy atom. The molecule has 0 spiro atoms. The summed E-state index contributed by atoms with van der Waals surface area (Å²) < 4.78 is 0. The second-order valence-electron chi connectivity index (χ2n) is 8.54. The number of halogens is 1. The first kappa shape index (κ1) is 21.7. The number of likely N-dealkylation sites (tertiary alicyclic amines) is 2. The van der Waals surface area contributed by atoms with E-state index in [1.165, 1.54) is 0 Å². The first-order valence-corrected chi connectivity index (χ1v) is 11.2. The van der Waals surface area contributed by atoms with E-state index in [0.717, 1.165) is 38.9 Å². The second-order valence-corrected chi connectivity index (χ2v) is 8.97. The highest BCUT2D eigenvalue weighted by molar-refractivity contribution is 6.30. The van der Waals surface area contributed by atoms with Gasteiger partial charge in [-0.05, 0) is 70.6 Å². The summed E-state index contributed by atoms with van der Waals surface area (Å²) in [6.07, 6.45) is 4.31. The van der Waals surface area contributed by atoms with E-state index in [1.807, 2.05) is 11.8 Å². The van der Waals surface area contributed by atoms with Crippen molar-refractivity contribution in [2.75, 3.05) is 38.5 Å². The van der Waals surface area contributed by atoms with Gasteiger partial charge < -0.3 is 15.1 Å². The predicted octanol–water partition coefficient (Wildman–Crippen LogP) is 3.35. The molecule has 2 aliphatic heterocycles. The van der Waals surface area contributed by atoms with Gasteiger partial charge in [-0.3, -0.25) is 9.59 Å². The molecule has 1 N–H and O–H groups in total. The van der Waals surface area contributed by atoms with E-state index < -0.39 is 0 Å². The molecule has 2 saturated heterocycles. The van der Waals surface area contributed by atoms with Crippen molar-refractivity contribution in [1.82, 2.24) is 19.8 Å². The number of aromatic nitrogens is 2. The minimum absolute atomic E-state index is 0.113. The highest BCUT2D eigenvalue weighted by Gasteiger charge is 2.34. The van der Waals surface area contributed by atoms with Gasteiger partial charge in [0.05, 0.1) is 11.3 Å². The van der Waals surface area contributed by atoms with Gasteiger partial charge in [0.2, 0.25) is 5.91 Å². The zero-order chi connectivity index (χ0) is 22.0. The zero-order valence-corrected chi connectivity index (χ0v) is 18.7. The lowest BCUT2D eigenvalue weighted by atomic mass is 9.96. The number of piperidine rings is 1. The number of amides is 2. The van der Waals surface area contributed by atoms with Crippen LogP contribution in [-0.4, -0.2) is 64.8 Å². The van der Waals surface area contributed by atoms with Gasteiger partial charge >= 0.3 is 0 Å². The summed E-state index contributed by atoms with van der Waals surface area (Å²) >= 11 is 5.89. The molecule has 0 bridgehead atoms. The molecule has 2 aromatic rings. The third-order valence-corrected chi connectivity index (χ3v) is 6.53. The van der Waals surface area contributed by atoms with E-state index in [1.54, 1.807) is 30.5 Å². The van der Waals surface area contributed by atoms with E-state index in [2.05, 4.69) is 27.2 Å². The van der Waals surface area contributed by atoms with Crippen molar-refractivity contribution in [2.24, 2.45) is 5.92 Å². The molecular weight excluding hydrogens is 414 g/mol. The first-order chi connectivity index (χ1) is 14.9. The van der Waals surface area contributed by atoms with Crippen molar-refractivity contribution in [3.05, 3.63) is 52.6 Å². The highest BCUT2D eigenvalue weighted by atomic mass is 35.5. The van der Waals surface area contributed by atoms with Crippen LogP contribution in [0.4, 0.5) is 5.69 Å². The number of hydrogen-bond donors (Lipinski definition) is 1. The summed E-state index contributed by atoms with van der Waals surface area (Å²) in [5.41, 5.74) is 1.74. The molecule has 0 unspecified atom stereocenters. The molecule has 31 heavy (non-hydrogen) atoms. The molecule has 0 aliphatic carbocycles. The summed E-state index contributed by atoms with van der Waals surface area (Å²) in [6.45, 7) is 5.18. The van der Waals surface area contributed by atoms with E-state index in [4.69, 9.17) is 11.6 Å². The van der Waals surface area contributed by atoms with Gasteiger partial charge in [0.1, 0.15) is 5.82 Å². The van der Waals surface area contributed by atoms with E-state index in [9.17, 15) is 9.59 Å². The highest BCUT2D eigenvalue weighted by Crippen LogP contribution is 2.28. The van der Waals surface area contributed by atoms with Crippen LogP contribution in [0.2, 0.25) is 5.02 Å². The Labute approximate surface area is 187 Å². The average Bonchev–Trinajstić information content (AvgIpc) is 3.25. The average molecular weight is 442 g/mol. The van der Waals surface area contributed by atoms with E-state index >= 15 is 0 Å². The van der Waals surface area contributed by atoms with Crippen LogP contribution < -0.4 is 5.32 Å². The zero-order valence-electron chi connectivity index (χ0n) is 18.0. The minimum atomic E-state index is -0.253. The van der Waals surface area contributed by atoms with Gasteiger partial charge in [-0.25, -0.2) is 9.97 Å². The van der Waals surface area contributed by atoms with E-state index in [0.29, 0.717) is 34.3 Å². The maximum Gasteiger partial charge on any atom is 0.259 e. The molecule has 1 atom stereocenters. The van der Waals surface area contributed by atoms with Crippen molar-refractivity contribution in [3.63, 3.8) is 0 Å². The van der Waals surface area contributed by atoms with Crippen LogP contribution in [0.3, 0.4) is 0 Å². The monoisotopic (exact) mass is 441 g/mol. The van der Waals surface area contributed by atoms with Crippen LogP contribution >= 0.6 is 11.6 Å². The van der Waals surface area contributed by atoms with Crippen molar-refractivity contribution >= 4 is 29.1 Å². The summed E-state index contributed by atoms with van der Waals surface area (Å²) in [5.74, 6) is 0.973. The van der Waals surface area contributed by atoms with Gasteiger partial charge in [0, 0.05) is 41.8 Å². The second kappa shape index (κ2) is 9.32. The fraction of sp³-hybridized carbons (Fsp3) is 0.478. The predicted molar refractivity (Wildman–Crippen MR) is 120 cm³/mol. The molecule has 8 heteroatoms. The van der Waals surface area contributed by atoms with Crippen LogP contribution in [0.1, 0.15) is 47.1 Å². The van der Waals surface area contributed by atoms with Crippen LogP contribution in [-0.2, 0) is 4.79 Å². The minimum Gasteiger partial charge on any atom is -0.342 e. The molecule has 2 amide bonds. The Hall–Kier alpha value is -2.51. The van der Waals surface area contributed by atoms with Crippen molar-refractivity contribution in [1.29, 1.82) is 0 Å². The summed E-state index contributed by atoms with van der Waals surface area (Å²) in [7, 11) is 2.10. The maximum atomic E-state index is 12.9. The lowest BCUT2D eigenvalue weighted by molar-refractivity contribution is -0.135. The number of nitrogens with zero attached hydrogens (tertiary/aromatic N) is 4. The Morgan fingerprint density at radius 1 is 1.10 bits per heavy atom. The van der Waals surface area contributed by atoms with Gasteiger partial charge in [-0.1, -0.05) is 11.6 Å². The molecule has 164 valence electrons. The number of anilines is 1. The summed E-state index contributed by atoms with van der Waals surface area (Å²) in [5, 5.41) is 3.46. The molecular formula is C23H28ClN5O2. The Balaban J connectivity index is 1.38. The fourth-order valence-electron chi connectivity index (χ4n) is 4.32. The van der Waals surface area contributed by atoms with Crippen LogP contribution in [0.15, 0.2) is 30.5 Å². The summed E-state index contributed by atoms with van der Waals surface area (Å²) in [6, 6.07) is 6.95. The summed E-state index contributed by atoms with van der Waals surface area (Å²) in [4.78, 5) is 38.8. The van der Waals surface area contributed by atoms with Crippen molar-refractivity contribution < 1.29 is 9.59 Å². The Bertz CT molecular complexity index is 957. The van der Waals surface area contributed by atoms with Crippen LogP contribution in [0.25, 0.3) is 0 Å². The standard InChI is InChI=1S/C23H28ClN5O2/c1-15-20(22(30)27-19-5-3-18(24)4-6-19)13-25-21(26-15)17-9-12-29(14-17)23(31)16-7-10-28(2)11-8-16/h3-6,13,16-17H,7-12,14H2,1-2H3,(H,27,30)/t17-/m1/s1. The van der Waals surface area contributed by atoms with Gasteiger partial charge in [-0.2, -0.15) is 0 Å². The molecule has 1 aromatic heterocycles. The lowest BCUT2D eigenvalue weighted by Crippen LogP contribution is -2.40. The third-order valence-electron chi connectivity index (χ3n) is 6.28. The molecule has 7 nitrogen and oxygen atoms in total. The van der Waals surface area contributed by atoms with Gasteiger partial charge in [0.15, 0.2) is 0 Å². The van der Waals surface area contributed by atoms with Crippen molar-refractivity contribution in [3.8, 4) is 0 Å². The fourth-order valence-corrected chi connectivity index (χ4v) is 4.45. The Morgan fingerprint density at radius 3 is 2.48 bits per heavy atom. The molecule has 4 rings (SSSR count). The van der Waals surface area contributed by atoms with E-state index in [-0.39, 0.29) is 23.7 Å². The number of nitrogens with one attached hydrogen (secondary N) is 1. The number of benzene rings is 1. The van der Waals surface area contributed by atoms with Crippen LogP contribution in [0, 0.1) is 12.8 Å². The largest absolute Gasteiger partial charge is 0.342 e. The number of rotatable bonds is 4. The molecule has 3 heterocycles. The lowest BCUT2D eigenvalue weighted by Gasteiger charge is -2.30. The number of carbonyl (C=O) groups excluding carboxylic acids is 2. The third kappa shape index (κ3) is 5.05. The molecule has 1 aromatic carbocycles. The number of carbonyl (C=O) groups is 2. The van der Waals surface area contributed by atoms with Crippen LogP contribution in [0.5, 0.6) is 0 Å². The molecule has 0 saturated carbocycles. The smallest absolute Gasteiger partial charge is 0.259 e. The molecule has 2 fully saturated rings. The number of aryl methyl sites for hydroxylation is 1. The topological polar surface area (TPSA) is 78.4 Å². The quantitative estimate of drug-likeness (QED) is 0.787. The SMILES string of the molecule is Cc1nc([C@@H]2CCN(C(=O)C3CCN(C)CC3)C2)ncc1C(=O)Nc1ccc(Cl)cc1.